The van der Waals surface area contributed by atoms with E-state index >= 15 is 0 Å². The molecule has 0 bridgehead atoms. The molecule has 0 aromatic heterocycles. The molecule has 0 aliphatic carbocycles. The highest BCUT2D eigenvalue weighted by Gasteiger charge is 2.25. The molecule has 1 amide bonds. The number of ether oxygens (including phenoxy) is 1. The van der Waals surface area contributed by atoms with Crippen molar-refractivity contribution in [2.45, 2.75) is 64.1 Å². The molecule has 0 radical (unpaired) electrons. The van der Waals surface area contributed by atoms with E-state index < -0.39 is 6.10 Å². The van der Waals surface area contributed by atoms with E-state index in [1.807, 2.05) is 36.1 Å². The quantitative estimate of drug-likeness (QED) is 0.573. The van der Waals surface area contributed by atoms with Gasteiger partial charge in [0, 0.05) is 32.1 Å². The molecular weight excluding hydrogens is 416 g/mol. The van der Waals surface area contributed by atoms with Crippen molar-refractivity contribution in [1.82, 2.24) is 10.2 Å². The van der Waals surface area contributed by atoms with Crippen molar-refractivity contribution in [3.63, 3.8) is 0 Å². The van der Waals surface area contributed by atoms with Crippen LogP contribution in [0, 0.1) is 0 Å². The summed E-state index contributed by atoms with van der Waals surface area (Å²) in [4.78, 5) is 27.4. The van der Waals surface area contributed by atoms with Crippen LogP contribution in [0.15, 0.2) is 42.5 Å². The van der Waals surface area contributed by atoms with Crippen molar-refractivity contribution >= 4 is 11.7 Å². The molecule has 0 spiro atoms. The summed E-state index contributed by atoms with van der Waals surface area (Å²) in [6.45, 7) is 4.72. The molecule has 0 unspecified atom stereocenters. The van der Waals surface area contributed by atoms with Crippen LogP contribution in [-0.4, -0.2) is 53.5 Å². The number of amides is 1. The Morgan fingerprint density at radius 3 is 2.67 bits per heavy atom. The third-order valence-corrected chi connectivity index (χ3v) is 6.70. The maximum absolute atomic E-state index is 13.0. The minimum atomic E-state index is -0.602. The number of rotatable bonds is 9. The minimum Gasteiger partial charge on any atom is -0.493 e. The maximum atomic E-state index is 13.0. The van der Waals surface area contributed by atoms with Crippen molar-refractivity contribution in [3.8, 4) is 5.75 Å². The molecule has 33 heavy (non-hydrogen) atoms. The molecule has 1 saturated heterocycles. The molecule has 2 heterocycles. The van der Waals surface area contributed by atoms with Gasteiger partial charge in [-0.3, -0.25) is 9.59 Å². The van der Waals surface area contributed by atoms with E-state index in [0.717, 1.165) is 44.5 Å². The Morgan fingerprint density at radius 1 is 1.15 bits per heavy atom. The highest BCUT2D eigenvalue weighted by Crippen LogP contribution is 2.25. The second-order valence-corrected chi connectivity index (χ2v) is 9.02. The zero-order valence-electron chi connectivity index (χ0n) is 19.4. The first-order valence-electron chi connectivity index (χ1n) is 12.1. The molecule has 6 heteroatoms. The summed E-state index contributed by atoms with van der Waals surface area (Å²) in [6, 6.07) is 13.6. The first kappa shape index (κ1) is 23.5. The Labute approximate surface area is 195 Å². The Hall–Kier alpha value is -2.70. The lowest BCUT2D eigenvalue weighted by Crippen LogP contribution is -2.44. The molecule has 2 aliphatic rings. The number of likely N-dealkylation sites (tertiary alicyclic amines) is 1. The lowest BCUT2D eigenvalue weighted by atomic mass is 9.90. The Balaban J connectivity index is 1.36. The molecule has 2 aromatic carbocycles. The van der Waals surface area contributed by atoms with Gasteiger partial charge < -0.3 is 20.1 Å². The van der Waals surface area contributed by atoms with Gasteiger partial charge in [-0.05, 0) is 61.4 Å². The summed E-state index contributed by atoms with van der Waals surface area (Å²) in [5.41, 5.74) is 3.89. The van der Waals surface area contributed by atoms with Gasteiger partial charge >= 0.3 is 0 Å². The van der Waals surface area contributed by atoms with Crippen LogP contribution in [0.25, 0.3) is 0 Å². The van der Waals surface area contributed by atoms with Gasteiger partial charge in [0.05, 0.1) is 24.7 Å². The highest BCUT2D eigenvalue weighted by molar-refractivity contribution is 5.98. The lowest BCUT2D eigenvalue weighted by molar-refractivity contribution is -0.129. The van der Waals surface area contributed by atoms with E-state index in [1.54, 1.807) is 6.07 Å². The second kappa shape index (κ2) is 10.9. The van der Waals surface area contributed by atoms with Gasteiger partial charge in [-0.2, -0.15) is 0 Å². The smallest absolute Gasteiger partial charge is 0.226 e. The first-order chi connectivity index (χ1) is 16.0. The molecule has 2 aliphatic heterocycles. The number of hydrogen-bond acceptors (Lipinski definition) is 5. The summed E-state index contributed by atoms with van der Waals surface area (Å²) in [5, 5.41) is 14.1. The largest absolute Gasteiger partial charge is 0.493 e. The molecule has 176 valence electrons. The standard InChI is InChI=1S/C27H34N2O4/c1-2-33-26-15-19(16-27(32)29-13-5-6-14-29)9-10-22(26)24(30)11-12-25(31)23-17-20-7-3-4-8-21(20)18-28-23/h3-4,7-10,15,23,25,28,31H,2,5-6,11-14,16-18H2,1H3/t23-,25+/m0/s1. The van der Waals surface area contributed by atoms with Crippen molar-refractivity contribution in [3.05, 3.63) is 64.7 Å². The predicted molar refractivity (Wildman–Crippen MR) is 127 cm³/mol. The van der Waals surface area contributed by atoms with Gasteiger partial charge in [0.15, 0.2) is 5.78 Å². The van der Waals surface area contributed by atoms with Crippen molar-refractivity contribution < 1.29 is 19.4 Å². The maximum Gasteiger partial charge on any atom is 0.226 e. The fourth-order valence-corrected chi connectivity index (χ4v) is 4.80. The molecular formula is C27H34N2O4. The third kappa shape index (κ3) is 5.81. The number of benzene rings is 2. The molecule has 1 fully saturated rings. The van der Waals surface area contributed by atoms with Gasteiger partial charge in [-0.25, -0.2) is 0 Å². The number of aliphatic hydroxyl groups excluding tert-OH is 1. The van der Waals surface area contributed by atoms with E-state index in [4.69, 9.17) is 4.74 Å². The molecule has 6 nitrogen and oxygen atoms in total. The summed E-state index contributed by atoms with van der Waals surface area (Å²) in [6.07, 6.45) is 3.25. The number of carbonyl (C=O) groups excluding carboxylic acids is 2. The highest BCUT2D eigenvalue weighted by atomic mass is 16.5. The van der Waals surface area contributed by atoms with E-state index in [-0.39, 0.29) is 24.2 Å². The molecule has 2 aromatic rings. The van der Waals surface area contributed by atoms with Crippen molar-refractivity contribution in [2.24, 2.45) is 0 Å². The van der Waals surface area contributed by atoms with Crippen LogP contribution in [-0.2, 0) is 24.2 Å². The van der Waals surface area contributed by atoms with Crippen LogP contribution in [0.4, 0.5) is 0 Å². The Morgan fingerprint density at radius 2 is 1.91 bits per heavy atom. The summed E-state index contributed by atoms with van der Waals surface area (Å²) >= 11 is 0. The molecule has 0 saturated carbocycles. The zero-order valence-corrected chi connectivity index (χ0v) is 19.4. The monoisotopic (exact) mass is 450 g/mol. The van der Waals surface area contributed by atoms with Crippen LogP contribution in [0.3, 0.4) is 0 Å². The number of nitrogens with zero attached hydrogens (tertiary/aromatic N) is 1. The fraction of sp³-hybridized carbons (Fsp3) is 0.481. The number of hydrogen-bond donors (Lipinski definition) is 2. The van der Waals surface area contributed by atoms with E-state index in [1.165, 1.54) is 11.1 Å². The molecule has 2 atom stereocenters. The zero-order chi connectivity index (χ0) is 23.2. The lowest BCUT2D eigenvalue weighted by Gasteiger charge is -2.29. The minimum absolute atomic E-state index is 0.0499. The summed E-state index contributed by atoms with van der Waals surface area (Å²) < 4.78 is 5.75. The van der Waals surface area contributed by atoms with Gasteiger partial charge in [0.1, 0.15) is 5.75 Å². The van der Waals surface area contributed by atoms with Crippen LogP contribution < -0.4 is 10.1 Å². The van der Waals surface area contributed by atoms with Gasteiger partial charge in [0.25, 0.3) is 0 Å². The Bertz CT molecular complexity index is 984. The second-order valence-electron chi connectivity index (χ2n) is 9.02. The number of ketones is 1. The molecule has 2 N–H and O–H groups in total. The summed E-state index contributed by atoms with van der Waals surface area (Å²) in [5.74, 6) is 0.596. The third-order valence-electron chi connectivity index (χ3n) is 6.70. The molecule has 4 rings (SSSR count). The van der Waals surface area contributed by atoms with Crippen LogP contribution in [0.1, 0.15) is 59.7 Å². The van der Waals surface area contributed by atoms with E-state index in [0.29, 0.717) is 30.8 Å². The van der Waals surface area contributed by atoms with Crippen LogP contribution in [0.5, 0.6) is 5.75 Å². The normalized spacial score (nSPS) is 18.6. The van der Waals surface area contributed by atoms with E-state index in [9.17, 15) is 14.7 Å². The summed E-state index contributed by atoms with van der Waals surface area (Å²) in [7, 11) is 0. The first-order valence-corrected chi connectivity index (χ1v) is 12.1. The number of fused-ring (bicyclic) bond motifs is 1. The number of Topliss-reactive ketones (excluding diaryl/α,β-unsaturated/α-hetero) is 1. The fourth-order valence-electron chi connectivity index (χ4n) is 4.80. The van der Waals surface area contributed by atoms with Gasteiger partial charge in [-0.1, -0.05) is 30.3 Å². The SMILES string of the molecule is CCOc1cc(CC(=O)N2CCCC2)ccc1C(=O)CC[C@@H](O)[C@@H]1Cc2ccccc2CN1. The average molecular weight is 451 g/mol. The van der Waals surface area contributed by atoms with Gasteiger partial charge in [-0.15, -0.1) is 0 Å². The van der Waals surface area contributed by atoms with E-state index in [2.05, 4.69) is 17.4 Å². The van der Waals surface area contributed by atoms with Gasteiger partial charge in [0.2, 0.25) is 5.91 Å². The number of carbonyl (C=O) groups is 2. The number of aliphatic hydroxyl groups is 1. The van der Waals surface area contributed by atoms with Crippen molar-refractivity contribution in [2.75, 3.05) is 19.7 Å². The Kier molecular flexibility index (Phi) is 7.78. The van der Waals surface area contributed by atoms with Crippen molar-refractivity contribution in [1.29, 1.82) is 0 Å². The topological polar surface area (TPSA) is 78.9 Å². The van der Waals surface area contributed by atoms with Crippen LogP contribution >= 0.6 is 0 Å². The predicted octanol–water partition coefficient (Wildman–Crippen LogP) is 3.29. The average Bonchev–Trinajstić information content (AvgIpc) is 3.38. The van der Waals surface area contributed by atoms with Crippen LogP contribution in [0.2, 0.25) is 0 Å². The number of nitrogens with one attached hydrogen (secondary N) is 1.